The smallest absolute Gasteiger partial charge is 0.250 e. The van der Waals surface area contributed by atoms with Crippen LogP contribution >= 0.6 is 0 Å². The molecule has 1 fully saturated rings. The van der Waals surface area contributed by atoms with Crippen molar-refractivity contribution in [3.63, 3.8) is 0 Å². The predicted molar refractivity (Wildman–Crippen MR) is 111 cm³/mol. The molecule has 0 bridgehead atoms. The molecule has 4 atom stereocenters. The van der Waals surface area contributed by atoms with Gasteiger partial charge in [0.25, 0.3) is 5.91 Å². The summed E-state index contributed by atoms with van der Waals surface area (Å²) in [6, 6.07) is 5.42. The largest absolute Gasteiger partial charge is 0.387 e. The first-order valence-corrected chi connectivity index (χ1v) is 9.69. The molecule has 10 nitrogen and oxygen atoms in total. The Kier molecular flexibility index (Phi) is 5.37. The lowest BCUT2D eigenvalue weighted by molar-refractivity contribution is -0.134. The summed E-state index contributed by atoms with van der Waals surface area (Å²) in [4.78, 5) is 25.0. The average Bonchev–Trinajstić information content (AvgIpc) is 3.30. The normalized spacial score (nSPS) is 23.6. The van der Waals surface area contributed by atoms with Crippen LogP contribution in [0, 0.1) is 13.8 Å². The molecule has 4 rings (SSSR count). The molecule has 1 saturated heterocycles. The van der Waals surface area contributed by atoms with Crippen molar-refractivity contribution in [2.24, 2.45) is 5.73 Å². The monoisotopic (exact) mass is 411 g/mol. The number of nitrogens with two attached hydrogens (primary N) is 1. The van der Waals surface area contributed by atoms with Crippen LogP contribution in [-0.4, -0.2) is 55.8 Å². The fourth-order valence-electron chi connectivity index (χ4n) is 3.64. The fraction of sp³-hybridized carbons (Fsp3) is 0.400. The van der Waals surface area contributed by atoms with Gasteiger partial charge in [-0.2, -0.15) is 0 Å². The number of carbonyl (C=O) groups excluding carboxylic acids is 1. The maximum Gasteiger partial charge on any atom is 0.250 e. The standard InChI is InChI=1S/C20H25N7O3/c1-10-4-5-11(2)12(6-10)7-23-17-14-18(25-8-24-17)27(9-26-14)20-15(28)13(21)16(30-20)19(29)22-3/h4-6,8-9,13,15-16,20,28H,7,21H2,1-3H3,(H,22,29)(H,23,24,25)/t13-,15+,16-,20+/m0/s1. The van der Waals surface area contributed by atoms with E-state index in [1.54, 1.807) is 4.57 Å². The summed E-state index contributed by atoms with van der Waals surface area (Å²) in [5.41, 5.74) is 10.5. The summed E-state index contributed by atoms with van der Waals surface area (Å²) in [7, 11) is 1.49. The molecule has 10 heteroatoms. The third kappa shape index (κ3) is 3.49. The third-order valence-electron chi connectivity index (χ3n) is 5.41. The molecule has 158 valence electrons. The van der Waals surface area contributed by atoms with Gasteiger partial charge in [0.1, 0.15) is 12.4 Å². The van der Waals surface area contributed by atoms with Crippen LogP contribution in [-0.2, 0) is 16.1 Å². The fourth-order valence-corrected chi connectivity index (χ4v) is 3.64. The first-order chi connectivity index (χ1) is 14.4. The molecule has 1 aliphatic heterocycles. The Labute approximate surface area is 173 Å². The number of aryl methyl sites for hydroxylation is 2. The minimum Gasteiger partial charge on any atom is -0.387 e. The van der Waals surface area contributed by atoms with E-state index >= 15 is 0 Å². The number of nitrogens with zero attached hydrogens (tertiary/aromatic N) is 4. The van der Waals surface area contributed by atoms with Crippen LogP contribution in [0.4, 0.5) is 5.82 Å². The lowest BCUT2D eigenvalue weighted by atomic mass is 10.1. The predicted octanol–water partition coefficient (Wildman–Crippen LogP) is 0.387. The molecule has 0 unspecified atom stereocenters. The van der Waals surface area contributed by atoms with Gasteiger partial charge in [-0.3, -0.25) is 9.36 Å². The zero-order chi connectivity index (χ0) is 21.4. The summed E-state index contributed by atoms with van der Waals surface area (Å²) >= 11 is 0. The number of aromatic nitrogens is 4. The van der Waals surface area contributed by atoms with Crippen LogP contribution in [0.25, 0.3) is 11.2 Å². The van der Waals surface area contributed by atoms with Gasteiger partial charge in [0.05, 0.1) is 12.4 Å². The van der Waals surface area contributed by atoms with E-state index < -0.39 is 24.5 Å². The van der Waals surface area contributed by atoms with Crippen molar-refractivity contribution < 1.29 is 14.6 Å². The summed E-state index contributed by atoms with van der Waals surface area (Å²) in [6.07, 6.45) is -0.00473. The number of nitrogens with one attached hydrogen (secondary N) is 2. The van der Waals surface area contributed by atoms with E-state index in [1.807, 2.05) is 0 Å². The number of imidazole rings is 1. The summed E-state index contributed by atoms with van der Waals surface area (Å²) in [5, 5.41) is 16.4. The van der Waals surface area contributed by atoms with Crippen molar-refractivity contribution in [1.82, 2.24) is 24.8 Å². The van der Waals surface area contributed by atoms with E-state index in [2.05, 4.69) is 57.6 Å². The quantitative estimate of drug-likeness (QED) is 0.473. The molecular formula is C20H25N7O3. The van der Waals surface area contributed by atoms with Crippen molar-refractivity contribution in [2.45, 2.75) is 44.9 Å². The Morgan fingerprint density at radius 1 is 1.30 bits per heavy atom. The SMILES string of the molecule is CNC(=O)[C@H]1O[C@@H](n2cnc3c(NCc4cc(C)ccc4C)ncnc32)[C@H](O)[C@@H]1N. The first-order valence-electron chi connectivity index (χ1n) is 9.69. The number of ether oxygens (including phenoxy) is 1. The van der Waals surface area contributed by atoms with E-state index in [-0.39, 0.29) is 5.91 Å². The highest BCUT2D eigenvalue weighted by atomic mass is 16.5. The topological polar surface area (TPSA) is 140 Å². The van der Waals surface area contributed by atoms with Gasteiger partial charge in [0, 0.05) is 13.6 Å². The van der Waals surface area contributed by atoms with E-state index in [0.29, 0.717) is 23.5 Å². The van der Waals surface area contributed by atoms with Gasteiger partial charge in [0.2, 0.25) is 0 Å². The van der Waals surface area contributed by atoms with Crippen molar-refractivity contribution >= 4 is 22.9 Å². The number of aliphatic hydroxyl groups is 1. The van der Waals surface area contributed by atoms with Crippen LogP contribution in [0.3, 0.4) is 0 Å². The average molecular weight is 411 g/mol. The maximum atomic E-state index is 12.0. The van der Waals surface area contributed by atoms with E-state index in [0.717, 1.165) is 5.56 Å². The molecule has 0 radical (unpaired) electrons. The number of fused-ring (bicyclic) bond motifs is 1. The molecule has 1 amide bonds. The molecule has 0 aliphatic carbocycles. The molecule has 1 aliphatic rings. The van der Waals surface area contributed by atoms with Crippen molar-refractivity contribution in [1.29, 1.82) is 0 Å². The van der Waals surface area contributed by atoms with Crippen molar-refractivity contribution in [2.75, 3.05) is 12.4 Å². The van der Waals surface area contributed by atoms with E-state index in [1.165, 1.54) is 30.8 Å². The number of amides is 1. The number of benzene rings is 1. The minimum atomic E-state index is -1.09. The minimum absolute atomic E-state index is 0.390. The van der Waals surface area contributed by atoms with Gasteiger partial charge in [-0.25, -0.2) is 15.0 Å². The lowest BCUT2D eigenvalue weighted by Crippen LogP contribution is -2.46. The van der Waals surface area contributed by atoms with Crippen LogP contribution in [0.2, 0.25) is 0 Å². The Balaban J connectivity index is 1.61. The van der Waals surface area contributed by atoms with E-state index in [4.69, 9.17) is 10.5 Å². The molecule has 1 aromatic carbocycles. The van der Waals surface area contributed by atoms with Gasteiger partial charge in [-0.1, -0.05) is 23.8 Å². The van der Waals surface area contributed by atoms with Crippen LogP contribution in [0.1, 0.15) is 22.9 Å². The van der Waals surface area contributed by atoms with E-state index in [9.17, 15) is 9.90 Å². The van der Waals surface area contributed by atoms with Crippen LogP contribution < -0.4 is 16.4 Å². The van der Waals surface area contributed by atoms with Crippen LogP contribution in [0.5, 0.6) is 0 Å². The lowest BCUT2D eigenvalue weighted by Gasteiger charge is -2.16. The Hall–Kier alpha value is -3.08. The van der Waals surface area contributed by atoms with Gasteiger partial charge in [0.15, 0.2) is 29.3 Å². The Morgan fingerprint density at radius 2 is 2.10 bits per heavy atom. The maximum absolute atomic E-state index is 12.0. The molecule has 3 aromatic rings. The highest BCUT2D eigenvalue weighted by Gasteiger charge is 2.46. The highest BCUT2D eigenvalue weighted by Crippen LogP contribution is 2.31. The summed E-state index contributed by atoms with van der Waals surface area (Å²) < 4.78 is 7.32. The molecule has 5 N–H and O–H groups in total. The molecule has 0 spiro atoms. The second-order valence-electron chi connectivity index (χ2n) is 7.46. The Bertz CT molecular complexity index is 1080. The Morgan fingerprint density at radius 3 is 2.87 bits per heavy atom. The van der Waals surface area contributed by atoms with Crippen LogP contribution in [0.15, 0.2) is 30.9 Å². The molecule has 3 heterocycles. The number of carbonyl (C=O) groups is 1. The third-order valence-corrected chi connectivity index (χ3v) is 5.41. The number of rotatable bonds is 5. The molecular weight excluding hydrogens is 386 g/mol. The van der Waals surface area contributed by atoms with Crippen molar-refractivity contribution in [3.8, 4) is 0 Å². The first kappa shape index (κ1) is 20.2. The van der Waals surface area contributed by atoms with Gasteiger partial charge >= 0.3 is 0 Å². The number of hydrogen-bond acceptors (Lipinski definition) is 8. The van der Waals surface area contributed by atoms with Gasteiger partial charge < -0.3 is 26.2 Å². The molecule has 30 heavy (non-hydrogen) atoms. The zero-order valence-electron chi connectivity index (χ0n) is 17.0. The molecule has 0 saturated carbocycles. The second-order valence-corrected chi connectivity index (χ2v) is 7.46. The summed E-state index contributed by atoms with van der Waals surface area (Å²) in [5.74, 6) is 0.179. The second kappa shape index (κ2) is 7.98. The summed E-state index contributed by atoms with van der Waals surface area (Å²) in [6.45, 7) is 4.70. The zero-order valence-corrected chi connectivity index (χ0v) is 17.0. The number of aliphatic hydroxyl groups excluding tert-OH is 1. The number of hydrogen-bond donors (Lipinski definition) is 4. The molecule has 2 aromatic heterocycles. The van der Waals surface area contributed by atoms with Gasteiger partial charge in [-0.15, -0.1) is 0 Å². The van der Waals surface area contributed by atoms with Gasteiger partial charge in [-0.05, 0) is 25.0 Å². The number of likely N-dealkylation sites (N-methyl/N-ethyl adjacent to an activating group) is 1. The highest BCUT2D eigenvalue weighted by molar-refractivity contribution is 5.83. The number of anilines is 1. The van der Waals surface area contributed by atoms with Crippen molar-refractivity contribution in [3.05, 3.63) is 47.5 Å².